The van der Waals surface area contributed by atoms with Gasteiger partial charge in [0, 0.05) is 25.5 Å². The smallest absolute Gasteiger partial charge is 0.548 e. The molecule has 1 aromatic rings. The minimum absolute atomic E-state index is 0. The minimum atomic E-state index is -1.21. The molecule has 8 heteroatoms. The van der Waals surface area contributed by atoms with E-state index in [9.17, 15) is 14.7 Å². The number of hydrogen-bond acceptors (Lipinski definition) is 5. The van der Waals surface area contributed by atoms with Crippen molar-refractivity contribution in [1.82, 2.24) is 10.2 Å². The Morgan fingerprint density at radius 3 is 2.92 bits per heavy atom. The number of fused-ring (bicyclic) bond motifs is 1. The molecule has 3 heterocycles. The normalized spacial score (nSPS) is 33.7. The molecule has 2 saturated heterocycles. The fourth-order valence-electron chi connectivity index (χ4n) is 3.88. The van der Waals surface area contributed by atoms with Crippen LogP contribution in [-0.4, -0.2) is 48.2 Å². The molecular weight excluding hydrogens is 339 g/mol. The molecule has 1 N–H and O–H groups in total. The summed E-state index contributed by atoms with van der Waals surface area (Å²) in [6, 6.07) is 2.42. The summed E-state index contributed by atoms with van der Waals surface area (Å²) < 4.78 is 10.9. The molecule has 4 rings (SSSR count). The quantitative estimate of drug-likeness (QED) is 0.582. The van der Waals surface area contributed by atoms with Gasteiger partial charge >= 0.3 is 57.4 Å². The van der Waals surface area contributed by atoms with Crippen molar-refractivity contribution < 1.29 is 75.2 Å². The van der Waals surface area contributed by atoms with Crippen LogP contribution >= 0.6 is 0 Å². The van der Waals surface area contributed by atoms with Gasteiger partial charge in [-0.1, -0.05) is 0 Å². The van der Waals surface area contributed by atoms with Crippen LogP contribution in [-0.2, 0) is 9.53 Å². The molecule has 0 spiro atoms. The zero-order valence-corrected chi connectivity index (χ0v) is 16.8. The topological polar surface area (TPSA) is 94.8 Å². The molecule has 0 unspecified atom stereocenters. The van der Waals surface area contributed by atoms with Gasteiger partial charge in [-0.05, 0) is 30.9 Å². The Morgan fingerprint density at radius 2 is 2.21 bits per heavy atom. The second-order valence-corrected chi connectivity index (χ2v) is 6.55. The van der Waals surface area contributed by atoms with Gasteiger partial charge in [-0.2, -0.15) is 0 Å². The van der Waals surface area contributed by atoms with Crippen LogP contribution in [0.3, 0.4) is 0 Å². The maximum Gasteiger partial charge on any atom is 1.00 e. The predicted octanol–water partition coefficient (Wildman–Crippen LogP) is -2.92. The van der Waals surface area contributed by atoms with Crippen LogP contribution in [0.15, 0.2) is 22.8 Å². The molecule has 3 fully saturated rings. The summed E-state index contributed by atoms with van der Waals surface area (Å²) in [6.07, 6.45) is 3.45. The van der Waals surface area contributed by atoms with Gasteiger partial charge in [-0.3, -0.25) is 0 Å². The molecule has 0 aromatic carbocycles. The molecule has 1 aromatic heterocycles. The van der Waals surface area contributed by atoms with Crippen molar-refractivity contribution in [2.45, 2.75) is 43.4 Å². The number of furan rings is 1. The molecule has 0 bridgehead atoms. The number of aliphatic carboxylic acids is 1. The standard InChI is InChI=1S/C16H20N2O5.K/c19-15(20)12-7-14-11(3-5-23-14)18(12)16(21)17-8-9-6-10(9)13-2-1-4-22-13;/h1-2,4,9-12,14H,3,5-8H2,(H,17,21)(H,19,20);/q;+1/p-1/t9-,10+,11-,12-,14-;/m0./s1. The van der Waals surface area contributed by atoms with E-state index in [0.717, 1.165) is 12.2 Å². The van der Waals surface area contributed by atoms with E-state index in [1.165, 1.54) is 4.90 Å². The van der Waals surface area contributed by atoms with Gasteiger partial charge in [0.1, 0.15) is 5.76 Å². The Kier molecular flexibility index (Phi) is 5.73. The Bertz CT molecular complexity index is 608. The molecule has 1 aliphatic carbocycles. The van der Waals surface area contributed by atoms with E-state index in [2.05, 4.69) is 5.32 Å². The predicted molar refractivity (Wildman–Crippen MR) is 76.4 cm³/mol. The van der Waals surface area contributed by atoms with Crippen LogP contribution in [0.5, 0.6) is 0 Å². The number of urea groups is 1. The average Bonchev–Trinajstić information content (AvgIpc) is 2.93. The molecule has 0 radical (unpaired) electrons. The Labute approximate surface area is 182 Å². The molecule has 5 atom stereocenters. The molecule has 24 heavy (non-hydrogen) atoms. The summed E-state index contributed by atoms with van der Waals surface area (Å²) >= 11 is 0. The third-order valence-electron chi connectivity index (χ3n) is 5.18. The Balaban J connectivity index is 0.00000169. The number of rotatable bonds is 4. The van der Waals surface area contributed by atoms with Gasteiger partial charge in [0.25, 0.3) is 0 Å². The molecule has 2 amide bonds. The zero-order valence-electron chi connectivity index (χ0n) is 13.6. The van der Waals surface area contributed by atoms with Gasteiger partial charge in [0.2, 0.25) is 0 Å². The number of nitrogens with one attached hydrogen (secondary N) is 1. The van der Waals surface area contributed by atoms with Crippen LogP contribution in [0.1, 0.15) is 30.9 Å². The SMILES string of the molecule is O=C([O-])[C@@H]1C[C@@H]2OCC[C@@H]2N1C(=O)NC[C@@H]1C[C@H]1c1ccco1.[K+]. The summed E-state index contributed by atoms with van der Waals surface area (Å²) in [4.78, 5) is 25.2. The van der Waals surface area contributed by atoms with Crippen molar-refractivity contribution in [3.8, 4) is 0 Å². The van der Waals surface area contributed by atoms with Crippen LogP contribution in [0.4, 0.5) is 4.79 Å². The van der Waals surface area contributed by atoms with Crippen molar-refractivity contribution in [2.75, 3.05) is 13.2 Å². The maximum absolute atomic E-state index is 12.5. The van der Waals surface area contributed by atoms with E-state index >= 15 is 0 Å². The van der Waals surface area contributed by atoms with Crippen LogP contribution in [0.2, 0.25) is 0 Å². The van der Waals surface area contributed by atoms with Crippen LogP contribution in [0, 0.1) is 5.92 Å². The van der Waals surface area contributed by atoms with E-state index < -0.39 is 12.0 Å². The molecule has 2 aliphatic heterocycles. The van der Waals surface area contributed by atoms with Crippen molar-refractivity contribution in [3.63, 3.8) is 0 Å². The van der Waals surface area contributed by atoms with Crippen molar-refractivity contribution in [3.05, 3.63) is 24.2 Å². The van der Waals surface area contributed by atoms with E-state index in [1.807, 2.05) is 12.1 Å². The first-order chi connectivity index (χ1) is 11.1. The summed E-state index contributed by atoms with van der Waals surface area (Å²) in [5.41, 5.74) is 0. The summed E-state index contributed by atoms with van der Waals surface area (Å²) in [7, 11) is 0. The number of ether oxygens (including phenoxy) is 1. The van der Waals surface area contributed by atoms with Gasteiger partial charge in [0.05, 0.1) is 30.4 Å². The first-order valence-corrected chi connectivity index (χ1v) is 8.07. The second kappa shape index (κ2) is 7.47. The molecule has 124 valence electrons. The van der Waals surface area contributed by atoms with Crippen LogP contribution < -0.4 is 61.8 Å². The van der Waals surface area contributed by atoms with Crippen molar-refractivity contribution >= 4 is 12.0 Å². The van der Waals surface area contributed by atoms with Crippen LogP contribution in [0.25, 0.3) is 0 Å². The molecular formula is C16H19KN2O5. The summed E-state index contributed by atoms with van der Waals surface area (Å²) in [6.45, 7) is 1.10. The minimum Gasteiger partial charge on any atom is -0.548 e. The Morgan fingerprint density at radius 1 is 1.38 bits per heavy atom. The largest absolute Gasteiger partial charge is 1.00 e. The third-order valence-corrected chi connectivity index (χ3v) is 5.18. The third kappa shape index (κ3) is 3.45. The van der Waals surface area contributed by atoms with Gasteiger partial charge in [0.15, 0.2) is 0 Å². The van der Waals surface area contributed by atoms with E-state index in [-0.39, 0.29) is 69.6 Å². The van der Waals surface area contributed by atoms with Gasteiger partial charge in [-0.15, -0.1) is 0 Å². The number of carboxylic acids is 1. The van der Waals surface area contributed by atoms with Crippen molar-refractivity contribution in [1.29, 1.82) is 0 Å². The van der Waals surface area contributed by atoms with E-state index in [0.29, 0.717) is 37.8 Å². The van der Waals surface area contributed by atoms with Gasteiger partial charge in [-0.25, -0.2) is 4.79 Å². The number of carbonyl (C=O) groups excluding carboxylic acids is 2. The number of amides is 2. The number of carboxylic acid groups (broad SMARTS) is 1. The first-order valence-electron chi connectivity index (χ1n) is 8.07. The molecule has 1 saturated carbocycles. The van der Waals surface area contributed by atoms with E-state index in [4.69, 9.17) is 9.15 Å². The summed E-state index contributed by atoms with van der Waals surface area (Å²) in [5.74, 6) is 0.438. The summed E-state index contributed by atoms with van der Waals surface area (Å²) in [5, 5.41) is 14.2. The molecule has 7 nitrogen and oxygen atoms in total. The second-order valence-electron chi connectivity index (χ2n) is 6.55. The number of likely N-dealkylation sites (tertiary alicyclic amines) is 1. The number of carbonyl (C=O) groups is 2. The fourth-order valence-corrected chi connectivity index (χ4v) is 3.88. The number of nitrogens with zero attached hydrogens (tertiary/aromatic N) is 1. The maximum atomic E-state index is 12.5. The van der Waals surface area contributed by atoms with E-state index in [1.54, 1.807) is 6.26 Å². The first kappa shape index (κ1) is 18.4. The average molecular weight is 358 g/mol. The fraction of sp³-hybridized carbons (Fsp3) is 0.625. The number of hydrogen-bond donors (Lipinski definition) is 1. The van der Waals surface area contributed by atoms with Gasteiger partial charge < -0.3 is 29.3 Å². The zero-order chi connectivity index (χ0) is 16.0. The Hall–Kier alpha value is -0.384. The van der Waals surface area contributed by atoms with Crippen molar-refractivity contribution in [2.24, 2.45) is 5.92 Å². The molecule has 3 aliphatic rings. The monoisotopic (exact) mass is 358 g/mol.